The molecule has 0 fully saturated rings. The van der Waals surface area contributed by atoms with E-state index in [-0.39, 0.29) is 17.3 Å². The summed E-state index contributed by atoms with van der Waals surface area (Å²) in [4.78, 5) is 11.0. The second kappa shape index (κ2) is 4.61. The van der Waals surface area contributed by atoms with Gasteiger partial charge in [-0.2, -0.15) is 0 Å². The van der Waals surface area contributed by atoms with E-state index in [4.69, 9.17) is 0 Å². The highest BCUT2D eigenvalue weighted by atomic mass is 32.2. The second-order valence-electron chi connectivity index (χ2n) is 3.43. The molecule has 15 heavy (non-hydrogen) atoms. The Bertz CT molecular complexity index is 445. The van der Waals surface area contributed by atoms with Gasteiger partial charge in [-0.1, -0.05) is 6.92 Å². The van der Waals surface area contributed by atoms with Crippen LogP contribution in [0, 0.1) is 0 Å². The monoisotopic (exact) mass is 229 g/mol. The first-order valence-corrected chi connectivity index (χ1v) is 6.64. The molecule has 0 N–H and O–H groups in total. The number of carbonyl (C=O) groups is 1. The molecule has 0 atom stereocenters. The molecule has 5 heteroatoms. The van der Waals surface area contributed by atoms with Gasteiger partial charge in [-0.05, 0) is 13.0 Å². The van der Waals surface area contributed by atoms with Crippen molar-refractivity contribution in [1.29, 1.82) is 0 Å². The largest absolute Gasteiger partial charge is 0.352 e. The fourth-order valence-corrected chi connectivity index (χ4v) is 1.95. The van der Waals surface area contributed by atoms with E-state index in [0.29, 0.717) is 12.1 Å². The highest BCUT2D eigenvalue weighted by Crippen LogP contribution is 2.03. The van der Waals surface area contributed by atoms with Gasteiger partial charge in [0.05, 0.1) is 5.75 Å². The third-order valence-corrected chi connectivity index (χ3v) is 3.94. The summed E-state index contributed by atoms with van der Waals surface area (Å²) in [7, 11) is -2.93. The van der Waals surface area contributed by atoms with Crippen molar-refractivity contribution in [2.75, 3.05) is 11.5 Å². The van der Waals surface area contributed by atoms with Crippen molar-refractivity contribution in [3.05, 3.63) is 24.0 Å². The highest BCUT2D eigenvalue weighted by molar-refractivity contribution is 7.91. The molecule has 0 aliphatic rings. The van der Waals surface area contributed by atoms with Crippen LogP contribution in [0.2, 0.25) is 0 Å². The van der Waals surface area contributed by atoms with Crippen molar-refractivity contribution in [2.24, 2.45) is 0 Å². The van der Waals surface area contributed by atoms with Gasteiger partial charge in [0.1, 0.15) is 0 Å². The lowest BCUT2D eigenvalue weighted by atomic mass is 10.2. The van der Waals surface area contributed by atoms with E-state index in [0.717, 1.165) is 0 Å². The summed E-state index contributed by atoms with van der Waals surface area (Å²) < 4.78 is 24.2. The van der Waals surface area contributed by atoms with Gasteiger partial charge in [0.15, 0.2) is 15.6 Å². The van der Waals surface area contributed by atoms with Crippen molar-refractivity contribution in [3.8, 4) is 0 Å². The van der Waals surface area contributed by atoms with Crippen LogP contribution >= 0.6 is 0 Å². The number of carbonyl (C=O) groups excluding carboxylic acids is 1. The molecule has 0 aromatic carbocycles. The van der Waals surface area contributed by atoms with E-state index in [2.05, 4.69) is 0 Å². The minimum Gasteiger partial charge on any atom is -0.352 e. The van der Waals surface area contributed by atoms with Crippen molar-refractivity contribution in [1.82, 2.24) is 4.57 Å². The maximum absolute atomic E-state index is 11.2. The molecular formula is C10H15NO3S. The first-order chi connectivity index (χ1) is 6.94. The fourth-order valence-electron chi connectivity index (χ4n) is 1.18. The van der Waals surface area contributed by atoms with Gasteiger partial charge >= 0.3 is 0 Å². The van der Waals surface area contributed by atoms with Gasteiger partial charge in [-0.15, -0.1) is 0 Å². The first kappa shape index (κ1) is 12.0. The predicted molar refractivity (Wildman–Crippen MR) is 58.8 cm³/mol. The van der Waals surface area contributed by atoms with E-state index in [9.17, 15) is 13.2 Å². The number of hydrogen-bond donors (Lipinski definition) is 0. The molecule has 0 aliphatic carbocycles. The average Bonchev–Trinajstić information content (AvgIpc) is 2.63. The smallest absolute Gasteiger partial charge is 0.161 e. The molecule has 0 radical (unpaired) electrons. The van der Waals surface area contributed by atoms with Gasteiger partial charge in [0.2, 0.25) is 0 Å². The molecule has 84 valence electrons. The summed E-state index contributed by atoms with van der Waals surface area (Å²) in [6, 6.07) is 1.70. The molecule has 0 saturated carbocycles. The zero-order chi connectivity index (χ0) is 11.5. The third-order valence-electron chi connectivity index (χ3n) is 2.26. The molecule has 0 saturated heterocycles. The van der Waals surface area contributed by atoms with E-state index in [1.54, 1.807) is 30.0 Å². The van der Waals surface area contributed by atoms with E-state index in [1.807, 2.05) is 0 Å². The summed E-state index contributed by atoms with van der Waals surface area (Å²) >= 11 is 0. The number of rotatable bonds is 5. The Morgan fingerprint density at radius 3 is 2.60 bits per heavy atom. The average molecular weight is 229 g/mol. The van der Waals surface area contributed by atoms with Gasteiger partial charge in [-0.25, -0.2) is 8.42 Å². The summed E-state index contributed by atoms with van der Waals surface area (Å²) in [6.07, 6.45) is 3.40. The highest BCUT2D eigenvalue weighted by Gasteiger charge is 2.08. The number of aromatic nitrogens is 1. The second-order valence-corrected chi connectivity index (χ2v) is 5.90. The van der Waals surface area contributed by atoms with Crippen molar-refractivity contribution < 1.29 is 13.2 Å². The van der Waals surface area contributed by atoms with Crippen LogP contribution in [-0.2, 0) is 16.4 Å². The lowest BCUT2D eigenvalue weighted by Gasteiger charge is -2.02. The molecule has 0 spiro atoms. The zero-order valence-corrected chi connectivity index (χ0v) is 9.75. The van der Waals surface area contributed by atoms with E-state index >= 15 is 0 Å². The third kappa shape index (κ3) is 3.51. The van der Waals surface area contributed by atoms with Crippen LogP contribution in [0.25, 0.3) is 0 Å². The molecule has 4 nitrogen and oxygen atoms in total. The summed E-state index contributed by atoms with van der Waals surface area (Å²) in [6.45, 7) is 3.53. The standard InChI is InChI=1S/C10H15NO3S/c1-3-15(13,14)7-6-11-5-4-10(8-11)9(2)12/h4-5,8H,3,6-7H2,1-2H3. The maximum atomic E-state index is 11.2. The fraction of sp³-hybridized carbons (Fsp3) is 0.500. The summed E-state index contributed by atoms with van der Waals surface area (Å²) in [5.41, 5.74) is 0.615. The van der Waals surface area contributed by atoms with E-state index < -0.39 is 9.84 Å². The number of Topliss-reactive ketones (excluding diaryl/α,β-unsaturated/α-hetero) is 1. The lowest BCUT2D eigenvalue weighted by molar-refractivity contribution is 0.101. The number of sulfone groups is 1. The first-order valence-electron chi connectivity index (χ1n) is 4.82. The van der Waals surface area contributed by atoms with Gasteiger partial charge in [-0.3, -0.25) is 4.79 Å². The van der Waals surface area contributed by atoms with Crippen molar-refractivity contribution in [2.45, 2.75) is 20.4 Å². The van der Waals surface area contributed by atoms with E-state index in [1.165, 1.54) is 6.92 Å². The van der Waals surface area contributed by atoms with Gasteiger partial charge in [0.25, 0.3) is 0 Å². The van der Waals surface area contributed by atoms with Crippen LogP contribution in [0.4, 0.5) is 0 Å². The number of hydrogen-bond acceptors (Lipinski definition) is 3. The number of ketones is 1. The van der Waals surface area contributed by atoms with Crippen LogP contribution in [0.5, 0.6) is 0 Å². The van der Waals surface area contributed by atoms with Gasteiger partial charge < -0.3 is 4.57 Å². The zero-order valence-electron chi connectivity index (χ0n) is 8.93. The maximum Gasteiger partial charge on any atom is 0.161 e. The van der Waals surface area contributed by atoms with Gasteiger partial charge in [0, 0.05) is 30.3 Å². The number of nitrogens with zero attached hydrogens (tertiary/aromatic N) is 1. The molecule has 0 aliphatic heterocycles. The minimum atomic E-state index is -2.93. The molecule has 0 unspecified atom stereocenters. The minimum absolute atomic E-state index is 0.00732. The molecule has 1 rings (SSSR count). The molecule has 0 bridgehead atoms. The van der Waals surface area contributed by atoms with Crippen LogP contribution in [0.1, 0.15) is 24.2 Å². The number of aryl methyl sites for hydroxylation is 1. The van der Waals surface area contributed by atoms with Crippen LogP contribution in [-0.4, -0.2) is 30.3 Å². The Balaban J connectivity index is 2.63. The molecular weight excluding hydrogens is 214 g/mol. The molecule has 1 aromatic rings. The quantitative estimate of drug-likeness (QED) is 0.711. The van der Waals surface area contributed by atoms with Crippen molar-refractivity contribution in [3.63, 3.8) is 0 Å². The Hall–Kier alpha value is -1.10. The molecule has 1 aromatic heterocycles. The predicted octanol–water partition coefficient (Wildman–Crippen LogP) is 1.13. The normalized spacial score (nSPS) is 11.6. The Kier molecular flexibility index (Phi) is 3.68. The molecule has 1 heterocycles. The Labute approximate surface area is 89.8 Å². The van der Waals surface area contributed by atoms with Crippen LogP contribution < -0.4 is 0 Å². The van der Waals surface area contributed by atoms with Crippen molar-refractivity contribution >= 4 is 15.6 Å². The SMILES string of the molecule is CCS(=O)(=O)CCn1ccc(C(C)=O)c1. The Morgan fingerprint density at radius 1 is 1.47 bits per heavy atom. The summed E-state index contributed by atoms with van der Waals surface area (Å²) in [5, 5.41) is 0. The lowest BCUT2D eigenvalue weighted by Crippen LogP contribution is -2.13. The van der Waals surface area contributed by atoms with Crippen LogP contribution in [0.3, 0.4) is 0 Å². The topological polar surface area (TPSA) is 56.1 Å². The Morgan fingerprint density at radius 2 is 2.13 bits per heavy atom. The molecule has 0 amide bonds. The summed E-state index contributed by atoms with van der Waals surface area (Å²) in [5.74, 6) is 0.274. The van der Waals surface area contributed by atoms with Crippen LogP contribution in [0.15, 0.2) is 18.5 Å².